The second-order valence-corrected chi connectivity index (χ2v) is 6.30. The van der Waals surface area contributed by atoms with Crippen LogP contribution in [0.2, 0.25) is 5.02 Å². The Kier molecular flexibility index (Phi) is 4.95. The number of carbonyl (C=O) groups is 1. The highest BCUT2D eigenvalue weighted by Gasteiger charge is 2.33. The number of hydrogen-bond donors (Lipinski definition) is 1. The Morgan fingerprint density at radius 1 is 1.17 bits per heavy atom. The lowest BCUT2D eigenvalue weighted by Crippen LogP contribution is -2.29. The molecule has 2 aromatic rings. The molecule has 1 aliphatic rings. The predicted octanol–water partition coefficient (Wildman–Crippen LogP) is 4.24. The first-order chi connectivity index (χ1) is 11.6. The van der Waals surface area contributed by atoms with Gasteiger partial charge in [0.1, 0.15) is 0 Å². The van der Waals surface area contributed by atoms with Gasteiger partial charge >= 0.3 is 0 Å². The van der Waals surface area contributed by atoms with Gasteiger partial charge in [-0.1, -0.05) is 41.9 Å². The van der Waals surface area contributed by atoms with E-state index in [4.69, 9.17) is 21.1 Å². The Balaban J connectivity index is 1.85. The molecule has 0 aliphatic heterocycles. The fourth-order valence-electron chi connectivity index (χ4n) is 2.84. The van der Waals surface area contributed by atoms with Crippen molar-refractivity contribution >= 4 is 17.5 Å². The average molecular weight is 346 g/mol. The highest BCUT2D eigenvalue weighted by molar-refractivity contribution is 6.32. The van der Waals surface area contributed by atoms with Crippen molar-refractivity contribution in [2.24, 2.45) is 5.92 Å². The summed E-state index contributed by atoms with van der Waals surface area (Å²) in [6, 6.07) is 13.3. The quantitative estimate of drug-likeness (QED) is 0.851. The Morgan fingerprint density at radius 2 is 1.88 bits per heavy atom. The molecule has 0 heterocycles. The van der Waals surface area contributed by atoms with Gasteiger partial charge in [0, 0.05) is 5.56 Å². The van der Waals surface area contributed by atoms with E-state index in [9.17, 15) is 4.79 Å². The zero-order valence-corrected chi connectivity index (χ0v) is 14.5. The minimum Gasteiger partial charge on any atom is -0.493 e. The minimum absolute atomic E-state index is 0.0190. The zero-order valence-electron chi connectivity index (χ0n) is 13.7. The number of methoxy groups -OCH3 is 2. The molecule has 0 bridgehead atoms. The maximum Gasteiger partial charge on any atom is 0.251 e. The van der Waals surface area contributed by atoms with Crippen LogP contribution in [0, 0.1) is 5.92 Å². The van der Waals surface area contributed by atoms with E-state index in [2.05, 4.69) is 5.32 Å². The topological polar surface area (TPSA) is 47.6 Å². The molecule has 126 valence electrons. The molecule has 24 heavy (non-hydrogen) atoms. The molecule has 1 saturated carbocycles. The van der Waals surface area contributed by atoms with Gasteiger partial charge in [-0.3, -0.25) is 4.79 Å². The van der Waals surface area contributed by atoms with Crippen LogP contribution in [0.5, 0.6) is 11.5 Å². The lowest BCUT2D eigenvalue weighted by molar-refractivity contribution is 0.0931. The van der Waals surface area contributed by atoms with Gasteiger partial charge in [0.05, 0.1) is 25.3 Å². The second kappa shape index (κ2) is 7.14. The lowest BCUT2D eigenvalue weighted by Gasteiger charge is -2.19. The SMILES string of the molecule is COc1cc(C(=O)N[C@@H](c2ccccc2)C2CC2)cc(Cl)c1OC. The van der Waals surface area contributed by atoms with Crippen molar-refractivity contribution < 1.29 is 14.3 Å². The normalized spacial score (nSPS) is 14.8. The van der Waals surface area contributed by atoms with Crippen LogP contribution in [0.25, 0.3) is 0 Å². The number of carbonyl (C=O) groups excluding carboxylic acids is 1. The largest absolute Gasteiger partial charge is 0.493 e. The second-order valence-electron chi connectivity index (χ2n) is 5.89. The van der Waals surface area contributed by atoms with Gasteiger partial charge in [-0.15, -0.1) is 0 Å². The summed E-state index contributed by atoms with van der Waals surface area (Å²) in [5.41, 5.74) is 1.58. The van der Waals surface area contributed by atoms with E-state index < -0.39 is 0 Å². The first-order valence-electron chi connectivity index (χ1n) is 7.91. The smallest absolute Gasteiger partial charge is 0.251 e. The number of rotatable bonds is 6. The third-order valence-corrected chi connectivity index (χ3v) is 4.52. The molecule has 0 unspecified atom stereocenters. The van der Waals surface area contributed by atoms with E-state index in [1.165, 1.54) is 14.2 Å². The highest BCUT2D eigenvalue weighted by Crippen LogP contribution is 2.41. The monoisotopic (exact) mass is 345 g/mol. The van der Waals surface area contributed by atoms with Crippen molar-refractivity contribution in [3.8, 4) is 11.5 Å². The molecule has 1 aliphatic carbocycles. The van der Waals surface area contributed by atoms with Crippen molar-refractivity contribution in [3.05, 3.63) is 58.6 Å². The molecule has 0 aromatic heterocycles. The van der Waals surface area contributed by atoms with Crippen molar-refractivity contribution in [3.63, 3.8) is 0 Å². The summed E-state index contributed by atoms with van der Waals surface area (Å²) in [6.07, 6.45) is 2.26. The van der Waals surface area contributed by atoms with Crippen molar-refractivity contribution in [1.82, 2.24) is 5.32 Å². The predicted molar refractivity (Wildman–Crippen MR) is 93.9 cm³/mol. The number of nitrogens with one attached hydrogen (secondary N) is 1. The molecular formula is C19H20ClNO3. The number of benzene rings is 2. The van der Waals surface area contributed by atoms with Crippen LogP contribution in [0.3, 0.4) is 0 Å². The molecule has 5 heteroatoms. The summed E-state index contributed by atoms with van der Waals surface area (Å²) >= 11 is 6.20. The Labute approximate surface area is 146 Å². The van der Waals surface area contributed by atoms with Gasteiger partial charge < -0.3 is 14.8 Å². The zero-order chi connectivity index (χ0) is 17.1. The van der Waals surface area contributed by atoms with E-state index in [1.54, 1.807) is 12.1 Å². The van der Waals surface area contributed by atoms with E-state index in [1.807, 2.05) is 30.3 Å². The van der Waals surface area contributed by atoms with Gasteiger partial charge in [0.15, 0.2) is 11.5 Å². The van der Waals surface area contributed by atoms with Crippen LogP contribution in [0.1, 0.15) is 34.8 Å². The van der Waals surface area contributed by atoms with E-state index >= 15 is 0 Å². The number of hydrogen-bond acceptors (Lipinski definition) is 3. The summed E-state index contributed by atoms with van der Waals surface area (Å²) in [5.74, 6) is 1.20. The van der Waals surface area contributed by atoms with Crippen molar-refractivity contribution in [2.45, 2.75) is 18.9 Å². The molecule has 0 saturated heterocycles. The van der Waals surface area contributed by atoms with Crippen LogP contribution in [0.15, 0.2) is 42.5 Å². The molecule has 1 amide bonds. The molecule has 0 radical (unpaired) electrons. The molecule has 1 N–H and O–H groups in total. The van der Waals surface area contributed by atoms with Crippen LogP contribution in [0.4, 0.5) is 0 Å². The summed E-state index contributed by atoms with van der Waals surface area (Å²) in [5, 5.41) is 3.49. The maximum atomic E-state index is 12.7. The Bertz CT molecular complexity index is 729. The van der Waals surface area contributed by atoms with Gasteiger partial charge in [0.25, 0.3) is 5.91 Å². The van der Waals surface area contributed by atoms with Gasteiger partial charge in [0.2, 0.25) is 0 Å². The summed E-state index contributed by atoms with van der Waals surface area (Å²) in [4.78, 5) is 12.7. The fraction of sp³-hybridized carbons (Fsp3) is 0.316. The number of ether oxygens (including phenoxy) is 2. The van der Waals surface area contributed by atoms with Gasteiger partial charge in [-0.05, 0) is 36.5 Å². The highest BCUT2D eigenvalue weighted by atomic mass is 35.5. The third kappa shape index (κ3) is 3.49. The molecule has 3 rings (SSSR count). The maximum absolute atomic E-state index is 12.7. The molecular weight excluding hydrogens is 326 g/mol. The van der Waals surface area contributed by atoms with Gasteiger partial charge in [-0.2, -0.15) is 0 Å². The molecule has 4 nitrogen and oxygen atoms in total. The van der Waals surface area contributed by atoms with Gasteiger partial charge in [-0.25, -0.2) is 0 Å². The lowest BCUT2D eigenvalue weighted by atomic mass is 10.0. The fourth-order valence-corrected chi connectivity index (χ4v) is 3.12. The van der Waals surface area contributed by atoms with Crippen LogP contribution >= 0.6 is 11.6 Å². The number of amides is 1. The Hall–Kier alpha value is -2.20. The standard InChI is InChI=1S/C19H20ClNO3/c1-23-16-11-14(10-15(20)18(16)24-2)19(22)21-17(13-8-9-13)12-6-4-3-5-7-12/h3-7,10-11,13,17H,8-9H2,1-2H3,(H,21,22)/t17-/m0/s1. The van der Waals surface area contributed by atoms with Crippen LogP contribution in [-0.2, 0) is 0 Å². The van der Waals surface area contributed by atoms with Crippen molar-refractivity contribution in [1.29, 1.82) is 0 Å². The van der Waals surface area contributed by atoms with E-state index in [0.717, 1.165) is 18.4 Å². The summed E-state index contributed by atoms with van der Waals surface area (Å²) < 4.78 is 10.5. The van der Waals surface area contributed by atoms with Crippen LogP contribution in [-0.4, -0.2) is 20.1 Å². The van der Waals surface area contributed by atoms with Crippen LogP contribution < -0.4 is 14.8 Å². The van der Waals surface area contributed by atoms with E-state index in [-0.39, 0.29) is 11.9 Å². The molecule has 1 fully saturated rings. The Morgan fingerprint density at radius 3 is 2.46 bits per heavy atom. The third-order valence-electron chi connectivity index (χ3n) is 4.23. The average Bonchev–Trinajstić information content (AvgIpc) is 3.44. The molecule has 1 atom stereocenters. The summed E-state index contributed by atoms with van der Waals surface area (Å²) in [7, 11) is 3.04. The van der Waals surface area contributed by atoms with E-state index in [0.29, 0.717) is 28.0 Å². The first-order valence-corrected chi connectivity index (χ1v) is 8.29. The number of halogens is 1. The molecule has 0 spiro atoms. The molecule has 2 aromatic carbocycles. The first kappa shape index (κ1) is 16.7. The summed E-state index contributed by atoms with van der Waals surface area (Å²) in [6.45, 7) is 0. The minimum atomic E-state index is -0.168. The van der Waals surface area contributed by atoms with Crippen molar-refractivity contribution in [2.75, 3.05) is 14.2 Å².